The number of rotatable bonds is 6. The molecular weight excluding hydrogens is 434 g/mol. The quantitative estimate of drug-likeness (QED) is 0.521. The van der Waals surface area contributed by atoms with Gasteiger partial charge in [0.2, 0.25) is 5.91 Å². The monoisotopic (exact) mass is 461 g/mol. The molecule has 3 N–H and O–H groups in total. The Morgan fingerprint density at radius 2 is 1.91 bits per heavy atom. The third kappa shape index (κ3) is 3.98. The number of ether oxygens (including phenoxy) is 1. The van der Waals surface area contributed by atoms with Gasteiger partial charge in [-0.15, -0.1) is 0 Å². The number of hydrogen-bond donors (Lipinski definition) is 3. The van der Waals surface area contributed by atoms with Crippen molar-refractivity contribution in [1.29, 1.82) is 0 Å². The molecule has 2 aromatic heterocycles. The number of anilines is 1. The molecule has 0 atom stereocenters. The maximum atomic E-state index is 12.8. The van der Waals surface area contributed by atoms with Gasteiger partial charge in [0.15, 0.2) is 5.82 Å². The molecule has 1 aliphatic carbocycles. The summed E-state index contributed by atoms with van der Waals surface area (Å²) in [5, 5.41) is 6.15. The van der Waals surface area contributed by atoms with Crippen LogP contribution < -0.4 is 15.4 Å². The normalized spacial score (nSPS) is 15.4. The summed E-state index contributed by atoms with van der Waals surface area (Å²) >= 11 is 0. The number of nitrogens with zero attached hydrogens (tertiary/aromatic N) is 2. The second-order valence-corrected chi connectivity index (χ2v) is 8.75. The van der Waals surface area contributed by atoms with Gasteiger partial charge in [-0.25, -0.2) is 4.98 Å². The molecule has 2 fully saturated rings. The van der Waals surface area contributed by atoms with E-state index in [4.69, 9.17) is 4.74 Å². The number of carbonyl (C=O) groups excluding carboxylic acids is 3. The highest BCUT2D eigenvalue weighted by Gasteiger charge is 2.30. The molecule has 3 heterocycles. The zero-order valence-electron chi connectivity index (χ0n) is 19.2. The lowest BCUT2D eigenvalue weighted by Gasteiger charge is -2.16. The Balaban J connectivity index is 1.56. The van der Waals surface area contributed by atoms with Gasteiger partial charge in [-0.3, -0.25) is 14.4 Å². The topological polar surface area (TPSA) is 116 Å². The Kier molecular flexibility index (Phi) is 5.69. The number of amides is 3. The summed E-state index contributed by atoms with van der Waals surface area (Å²) in [5.74, 6) is 0.586. The molecule has 0 spiro atoms. The van der Waals surface area contributed by atoms with Crippen LogP contribution >= 0.6 is 0 Å². The van der Waals surface area contributed by atoms with E-state index in [-0.39, 0.29) is 23.6 Å². The van der Waals surface area contributed by atoms with Crippen molar-refractivity contribution in [1.82, 2.24) is 20.2 Å². The van der Waals surface area contributed by atoms with Crippen molar-refractivity contribution in [2.24, 2.45) is 5.92 Å². The van der Waals surface area contributed by atoms with Gasteiger partial charge < -0.3 is 25.3 Å². The predicted molar refractivity (Wildman–Crippen MR) is 128 cm³/mol. The standard InChI is InChI=1S/C25H27N5O4/c1-26-24(32)18-13-27-22(29-23(31)14-5-6-14)21-17(18)12-19(28-21)16-8-7-15(11-20(16)34-2)25(33)30-9-3-4-10-30/h7-8,11-14,28H,3-6,9-10H2,1-2H3,(H,26,32)(H,27,29,31). The first-order valence-electron chi connectivity index (χ1n) is 11.5. The average Bonchev–Trinajstić information content (AvgIpc) is 3.38. The minimum Gasteiger partial charge on any atom is -0.496 e. The first kappa shape index (κ1) is 21.9. The van der Waals surface area contributed by atoms with E-state index in [2.05, 4.69) is 20.6 Å². The van der Waals surface area contributed by atoms with Crippen LogP contribution in [0.1, 0.15) is 46.4 Å². The minimum absolute atomic E-state index is 0.00447. The third-order valence-corrected chi connectivity index (χ3v) is 6.46. The van der Waals surface area contributed by atoms with Crippen molar-refractivity contribution in [3.63, 3.8) is 0 Å². The first-order valence-corrected chi connectivity index (χ1v) is 11.5. The largest absolute Gasteiger partial charge is 0.496 e. The van der Waals surface area contributed by atoms with E-state index in [9.17, 15) is 14.4 Å². The number of carbonyl (C=O) groups is 3. The van der Waals surface area contributed by atoms with Crippen LogP contribution in [0.5, 0.6) is 5.75 Å². The highest BCUT2D eigenvalue weighted by atomic mass is 16.5. The van der Waals surface area contributed by atoms with Crippen LogP contribution in [0, 0.1) is 5.92 Å². The molecule has 34 heavy (non-hydrogen) atoms. The van der Waals surface area contributed by atoms with Gasteiger partial charge >= 0.3 is 0 Å². The molecule has 9 heteroatoms. The Morgan fingerprint density at radius 1 is 1.15 bits per heavy atom. The lowest BCUT2D eigenvalue weighted by Crippen LogP contribution is -2.27. The van der Waals surface area contributed by atoms with Crippen molar-refractivity contribution in [3.8, 4) is 17.0 Å². The molecule has 3 aromatic rings. The molecule has 0 bridgehead atoms. The second kappa shape index (κ2) is 8.81. The summed E-state index contributed by atoms with van der Waals surface area (Å²) in [5.41, 5.74) is 2.95. The number of aromatic amines is 1. The van der Waals surface area contributed by atoms with Gasteiger partial charge in [0.05, 0.1) is 23.9 Å². The molecule has 1 aliphatic heterocycles. The molecule has 3 amide bonds. The summed E-state index contributed by atoms with van der Waals surface area (Å²) < 4.78 is 5.63. The van der Waals surface area contributed by atoms with Crippen LogP contribution in [0.25, 0.3) is 22.2 Å². The molecule has 5 rings (SSSR count). The Bertz CT molecular complexity index is 1290. The summed E-state index contributed by atoms with van der Waals surface area (Å²) in [6, 6.07) is 7.21. The highest BCUT2D eigenvalue weighted by Crippen LogP contribution is 2.36. The number of pyridine rings is 1. The van der Waals surface area contributed by atoms with Gasteiger partial charge in [-0.2, -0.15) is 0 Å². The fourth-order valence-corrected chi connectivity index (χ4v) is 4.39. The van der Waals surface area contributed by atoms with E-state index in [0.717, 1.165) is 44.3 Å². The summed E-state index contributed by atoms with van der Waals surface area (Å²) in [7, 11) is 3.12. The van der Waals surface area contributed by atoms with E-state index in [1.54, 1.807) is 26.3 Å². The summed E-state index contributed by atoms with van der Waals surface area (Å²) in [6.07, 6.45) is 5.27. The van der Waals surface area contributed by atoms with E-state index >= 15 is 0 Å². The van der Waals surface area contributed by atoms with Crippen LogP contribution in [-0.2, 0) is 4.79 Å². The van der Waals surface area contributed by atoms with E-state index < -0.39 is 0 Å². The second-order valence-electron chi connectivity index (χ2n) is 8.75. The lowest BCUT2D eigenvalue weighted by atomic mass is 10.1. The first-order chi connectivity index (χ1) is 16.5. The average molecular weight is 462 g/mol. The summed E-state index contributed by atoms with van der Waals surface area (Å²) in [6.45, 7) is 1.55. The zero-order valence-corrected chi connectivity index (χ0v) is 19.2. The number of benzene rings is 1. The maximum absolute atomic E-state index is 12.8. The van der Waals surface area contributed by atoms with Gasteiger partial charge in [0.25, 0.3) is 11.8 Å². The van der Waals surface area contributed by atoms with Crippen LogP contribution in [-0.4, -0.2) is 59.8 Å². The maximum Gasteiger partial charge on any atom is 0.253 e. The van der Waals surface area contributed by atoms with Gasteiger partial charge in [0, 0.05) is 48.8 Å². The fourth-order valence-electron chi connectivity index (χ4n) is 4.39. The Hall–Kier alpha value is -3.88. The van der Waals surface area contributed by atoms with Crippen LogP contribution in [0.3, 0.4) is 0 Å². The molecule has 176 valence electrons. The van der Waals surface area contributed by atoms with Crippen molar-refractivity contribution < 1.29 is 19.1 Å². The number of hydrogen-bond acceptors (Lipinski definition) is 5. The predicted octanol–water partition coefficient (Wildman–Crippen LogP) is 3.18. The van der Waals surface area contributed by atoms with E-state index in [1.807, 2.05) is 17.0 Å². The molecule has 2 aliphatic rings. The van der Waals surface area contributed by atoms with Crippen molar-refractivity contribution in [2.45, 2.75) is 25.7 Å². The zero-order chi connectivity index (χ0) is 23.8. The third-order valence-electron chi connectivity index (χ3n) is 6.46. The number of fused-ring (bicyclic) bond motifs is 1. The van der Waals surface area contributed by atoms with Crippen LogP contribution in [0.4, 0.5) is 5.82 Å². The number of nitrogens with one attached hydrogen (secondary N) is 3. The van der Waals surface area contributed by atoms with E-state index in [1.165, 1.54) is 6.20 Å². The van der Waals surface area contributed by atoms with Crippen molar-refractivity contribution >= 4 is 34.4 Å². The van der Waals surface area contributed by atoms with Gasteiger partial charge in [-0.05, 0) is 49.9 Å². The molecule has 1 aromatic carbocycles. The lowest BCUT2D eigenvalue weighted by molar-refractivity contribution is -0.117. The number of aromatic nitrogens is 2. The SMILES string of the molecule is CNC(=O)c1cnc(NC(=O)C2CC2)c2[nH]c(-c3ccc(C(=O)N4CCCC4)cc3OC)cc12. The van der Waals surface area contributed by atoms with Crippen LogP contribution in [0.2, 0.25) is 0 Å². The van der Waals surface area contributed by atoms with E-state index in [0.29, 0.717) is 39.3 Å². The van der Waals surface area contributed by atoms with Gasteiger partial charge in [-0.1, -0.05) is 0 Å². The molecule has 0 unspecified atom stereocenters. The smallest absolute Gasteiger partial charge is 0.253 e. The highest BCUT2D eigenvalue weighted by molar-refractivity contribution is 6.11. The fraction of sp³-hybridized carbons (Fsp3) is 0.360. The minimum atomic E-state index is -0.276. The molecule has 9 nitrogen and oxygen atoms in total. The van der Waals surface area contributed by atoms with Crippen molar-refractivity contribution in [3.05, 3.63) is 41.6 Å². The Labute approximate surface area is 196 Å². The molecule has 0 radical (unpaired) electrons. The van der Waals surface area contributed by atoms with Crippen molar-refractivity contribution in [2.75, 3.05) is 32.6 Å². The Morgan fingerprint density at radius 3 is 2.59 bits per heavy atom. The number of likely N-dealkylation sites (tertiary alicyclic amines) is 1. The van der Waals surface area contributed by atoms with Crippen LogP contribution in [0.15, 0.2) is 30.5 Å². The number of methoxy groups -OCH3 is 1. The summed E-state index contributed by atoms with van der Waals surface area (Å²) in [4.78, 5) is 47.2. The number of H-pyrrole nitrogens is 1. The van der Waals surface area contributed by atoms with Gasteiger partial charge in [0.1, 0.15) is 5.75 Å². The molecule has 1 saturated heterocycles. The molecular formula is C25H27N5O4. The molecule has 1 saturated carbocycles.